The summed E-state index contributed by atoms with van der Waals surface area (Å²) < 4.78 is 1.83. The minimum atomic E-state index is -1.02. The van der Waals surface area contributed by atoms with Crippen LogP contribution in [-0.4, -0.2) is 38.4 Å². The number of rotatable bonds is 3. The van der Waals surface area contributed by atoms with Crippen LogP contribution in [0.1, 0.15) is 42.0 Å². The molecule has 21 heavy (non-hydrogen) atoms. The molecule has 1 aliphatic heterocycles. The van der Waals surface area contributed by atoms with Crippen molar-refractivity contribution in [1.29, 1.82) is 0 Å². The van der Waals surface area contributed by atoms with Gasteiger partial charge in [-0.25, -0.2) is 9.78 Å². The lowest BCUT2D eigenvalue weighted by Crippen LogP contribution is -2.25. The highest BCUT2D eigenvalue weighted by Crippen LogP contribution is 2.20. The Morgan fingerprint density at radius 3 is 2.67 bits per heavy atom. The van der Waals surface area contributed by atoms with Gasteiger partial charge in [0.2, 0.25) is 0 Å². The number of fused-ring (bicyclic) bond motifs is 1. The minimum absolute atomic E-state index is 0.0716. The first-order valence-corrected chi connectivity index (χ1v) is 7.65. The van der Waals surface area contributed by atoms with E-state index in [9.17, 15) is 9.90 Å². The molecule has 0 spiro atoms. The molecule has 1 saturated heterocycles. The maximum Gasteiger partial charge on any atom is 0.356 e. The predicted octanol–water partition coefficient (Wildman–Crippen LogP) is 3.06. The van der Waals surface area contributed by atoms with Crippen LogP contribution in [0.15, 0.2) is 18.3 Å². The molecule has 1 fully saturated rings. The molecule has 1 aliphatic rings. The average molecular weight is 308 g/mol. The molecule has 0 aliphatic carbocycles. The SMILES string of the molecule is O=C(O)c1nc(CN2CCCCCC2)n2ccc(Cl)cc12. The van der Waals surface area contributed by atoms with Gasteiger partial charge in [0.25, 0.3) is 0 Å². The molecule has 0 atom stereocenters. The fourth-order valence-corrected chi connectivity index (χ4v) is 3.04. The third kappa shape index (κ3) is 3.04. The summed E-state index contributed by atoms with van der Waals surface area (Å²) in [4.78, 5) is 18.0. The van der Waals surface area contributed by atoms with E-state index >= 15 is 0 Å². The van der Waals surface area contributed by atoms with Gasteiger partial charge in [0.15, 0.2) is 5.69 Å². The first kappa shape index (κ1) is 14.4. The van der Waals surface area contributed by atoms with Crippen molar-refractivity contribution in [1.82, 2.24) is 14.3 Å². The average Bonchev–Trinajstić information content (AvgIpc) is 2.62. The van der Waals surface area contributed by atoms with Crippen LogP contribution in [-0.2, 0) is 6.54 Å². The number of likely N-dealkylation sites (tertiary alicyclic amines) is 1. The lowest BCUT2D eigenvalue weighted by atomic mass is 10.2. The molecule has 3 rings (SSSR count). The van der Waals surface area contributed by atoms with Crippen LogP contribution in [0.2, 0.25) is 5.02 Å². The number of hydrogen-bond acceptors (Lipinski definition) is 3. The number of halogens is 1. The highest BCUT2D eigenvalue weighted by molar-refractivity contribution is 6.31. The van der Waals surface area contributed by atoms with Crippen molar-refractivity contribution in [3.8, 4) is 0 Å². The maximum absolute atomic E-state index is 11.4. The lowest BCUT2D eigenvalue weighted by Gasteiger charge is -2.18. The molecule has 6 heteroatoms. The van der Waals surface area contributed by atoms with Crippen molar-refractivity contribution in [3.05, 3.63) is 34.9 Å². The summed E-state index contributed by atoms with van der Waals surface area (Å²) in [7, 11) is 0. The van der Waals surface area contributed by atoms with E-state index in [-0.39, 0.29) is 5.69 Å². The third-order valence-electron chi connectivity index (χ3n) is 3.94. The first-order chi connectivity index (χ1) is 10.1. The van der Waals surface area contributed by atoms with Gasteiger partial charge in [0, 0.05) is 11.2 Å². The van der Waals surface area contributed by atoms with Gasteiger partial charge in [-0.1, -0.05) is 24.4 Å². The molecular weight excluding hydrogens is 290 g/mol. The summed E-state index contributed by atoms with van der Waals surface area (Å²) in [6, 6.07) is 3.41. The van der Waals surface area contributed by atoms with Crippen LogP contribution in [0.5, 0.6) is 0 Å². The van der Waals surface area contributed by atoms with Crippen molar-refractivity contribution >= 4 is 23.1 Å². The zero-order valence-electron chi connectivity index (χ0n) is 11.8. The standard InChI is InChI=1S/C15H18ClN3O2/c16-11-5-8-19-12(9-11)14(15(20)21)17-13(19)10-18-6-3-1-2-4-7-18/h5,8-9H,1-4,6-7,10H2,(H,20,21). The number of aromatic nitrogens is 2. The largest absolute Gasteiger partial charge is 0.476 e. The number of aromatic carboxylic acids is 1. The van der Waals surface area contributed by atoms with Gasteiger partial charge in [-0.2, -0.15) is 0 Å². The number of carboxylic acids is 1. The lowest BCUT2D eigenvalue weighted by molar-refractivity contribution is 0.0693. The van der Waals surface area contributed by atoms with E-state index < -0.39 is 5.97 Å². The number of carboxylic acid groups (broad SMARTS) is 1. The van der Waals surface area contributed by atoms with E-state index in [1.54, 1.807) is 18.3 Å². The van der Waals surface area contributed by atoms with Crippen LogP contribution in [0, 0.1) is 0 Å². The van der Waals surface area contributed by atoms with E-state index in [1.807, 2.05) is 4.40 Å². The monoisotopic (exact) mass is 307 g/mol. The van der Waals surface area contributed by atoms with Crippen LogP contribution in [0.25, 0.3) is 5.52 Å². The quantitative estimate of drug-likeness (QED) is 0.947. The molecule has 5 nitrogen and oxygen atoms in total. The molecule has 0 saturated carbocycles. The summed E-state index contributed by atoms with van der Waals surface area (Å²) in [5.74, 6) is -0.252. The van der Waals surface area contributed by atoms with Gasteiger partial charge >= 0.3 is 5.97 Å². The molecule has 0 bridgehead atoms. The fraction of sp³-hybridized carbons (Fsp3) is 0.467. The Morgan fingerprint density at radius 2 is 2.00 bits per heavy atom. The number of carbonyl (C=O) groups is 1. The topological polar surface area (TPSA) is 57.8 Å². The Morgan fingerprint density at radius 1 is 1.29 bits per heavy atom. The zero-order chi connectivity index (χ0) is 14.8. The smallest absolute Gasteiger partial charge is 0.356 e. The second-order valence-electron chi connectivity index (χ2n) is 5.47. The van der Waals surface area contributed by atoms with Gasteiger partial charge in [-0.3, -0.25) is 4.90 Å². The molecule has 2 aromatic heterocycles. The summed E-state index contributed by atoms with van der Waals surface area (Å²) >= 11 is 5.97. The van der Waals surface area contributed by atoms with Crippen LogP contribution < -0.4 is 0 Å². The molecule has 0 unspecified atom stereocenters. The van der Waals surface area contributed by atoms with Crippen LogP contribution in [0.3, 0.4) is 0 Å². The third-order valence-corrected chi connectivity index (χ3v) is 4.18. The van der Waals surface area contributed by atoms with Gasteiger partial charge in [0.1, 0.15) is 5.82 Å². The van der Waals surface area contributed by atoms with E-state index in [1.165, 1.54) is 25.7 Å². The summed E-state index contributed by atoms with van der Waals surface area (Å²) in [5, 5.41) is 9.83. The summed E-state index contributed by atoms with van der Waals surface area (Å²) in [6.45, 7) is 2.77. The molecule has 112 valence electrons. The Balaban J connectivity index is 1.96. The Kier molecular flexibility index (Phi) is 4.12. The fourth-order valence-electron chi connectivity index (χ4n) is 2.89. The predicted molar refractivity (Wildman–Crippen MR) is 80.9 cm³/mol. The molecule has 0 amide bonds. The second-order valence-corrected chi connectivity index (χ2v) is 5.91. The van der Waals surface area contributed by atoms with Crippen molar-refractivity contribution in [2.75, 3.05) is 13.1 Å². The number of imidazole rings is 1. The number of hydrogen-bond donors (Lipinski definition) is 1. The van der Waals surface area contributed by atoms with Crippen LogP contribution in [0.4, 0.5) is 0 Å². The number of pyridine rings is 1. The highest BCUT2D eigenvalue weighted by Gasteiger charge is 2.19. The molecule has 0 radical (unpaired) electrons. The molecular formula is C15H18ClN3O2. The maximum atomic E-state index is 11.4. The van der Waals surface area contributed by atoms with E-state index in [0.717, 1.165) is 18.9 Å². The van der Waals surface area contributed by atoms with Crippen LogP contribution >= 0.6 is 11.6 Å². The van der Waals surface area contributed by atoms with Gasteiger partial charge in [-0.05, 0) is 38.1 Å². The zero-order valence-corrected chi connectivity index (χ0v) is 12.5. The van der Waals surface area contributed by atoms with Crippen molar-refractivity contribution in [2.45, 2.75) is 32.2 Å². The molecule has 3 heterocycles. The Hall–Kier alpha value is -1.59. The number of nitrogens with zero attached hydrogens (tertiary/aromatic N) is 3. The summed E-state index contributed by atoms with van der Waals surface area (Å²) in [5.41, 5.74) is 0.627. The van der Waals surface area contributed by atoms with Gasteiger partial charge in [-0.15, -0.1) is 0 Å². The van der Waals surface area contributed by atoms with Gasteiger partial charge < -0.3 is 9.51 Å². The minimum Gasteiger partial charge on any atom is -0.476 e. The molecule has 2 aromatic rings. The summed E-state index contributed by atoms with van der Waals surface area (Å²) in [6.07, 6.45) is 6.73. The Labute approximate surface area is 128 Å². The van der Waals surface area contributed by atoms with E-state index in [2.05, 4.69) is 9.88 Å². The first-order valence-electron chi connectivity index (χ1n) is 7.27. The van der Waals surface area contributed by atoms with E-state index in [0.29, 0.717) is 17.1 Å². The molecule has 1 N–H and O–H groups in total. The van der Waals surface area contributed by atoms with E-state index in [4.69, 9.17) is 11.6 Å². The molecule has 0 aromatic carbocycles. The normalized spacial score (nSPS) is 17.0. The second kappa shape index (κ2) is 6.03. The van der Waals surface area contributed by atoms with Gasteiger partial charge in [0.05, 0.1) is 12.1 Å². The van der Waals surface area contributed by atoms with Crippen molar-refractivity contribution in [3.63, 3.8) is 0 Å². The van der Waals surface area contributed by atoms with Crippen molar-refractivity contribution < 1.29 is 9.90 Å². The van der Waals surface area contributed by atoms with Crippen molar-refractivity contribution in [2.24, 2.45) is 0 Å². The highest BCUT2D eigenvalue weighted by atomic mass is 35.5. The Bertz CT molecular complexity index is 660.